The average Bonchev–Trinajstić information content (AvgIpc) is 3.50. The van der Waals surface area contributed by atoms with Crippen LogP contribution in [0.1, 0.15) is 29.2 Å². The van der Waals surface area contributed by atoms with Gasteiger partial charge in [-0.15, -0.1) is 0 Å². The molecule has 5 rings (SSSR count). The van der Waals surface area contributed by atoms with Crippen molar-refractivity contribution in [1.82, 2.24) is 4.90 Å². The standard InChI is InChI=1S/C24H25NO5/c26-23(25-11-9-18(10-12-25)24-27-13-14-28-24)22-8-7-21(30-22)16-29-20-6-5-17-3-1-2-4-19(17)15-20/h1-8,15,18,24H,9-14,16H2. The third-order valence-corrected chi connectivity index (χ3v) is 5.83. The summed E-state index contributed by atoms with van der Waals surface area (Å²) >= 11 is 0. The van der Waals surface area contributed by atoms with Crippen LogP contribution in [0.2, 0.25) is 0 Å². The Kier molecular flexibility index (Phi) is 5.43. The number of hydrogen-bond acceptors (Lipinski definition) is 5. The van der Waals surface area contributed by atoms with Crippen molar-refractivity contribution < 1.29 is 23.4 Å². The molecule has 3 heterocycles. The van der Waals surface area contributed by atoms with Crippen molar-refractivity contribution in [3.63, 3.8) is 0 Å². The van der Waals surface area contributed by atoms with Gasteiger partial charge in [-0.05, 0) is 47.9 Å². The lowest BCUT2D eigenvalue weighted by Crippen LogP contribution is -2.41. The van der Waals surface area contributed by atoms with Crippen molar-refractivity contribution in [2.24, 2.45) is 5.92 Å². The zero-order valence-electron chi connectivity index (χ0n) is 16.8. The molecule has 2 aliphatic rings. The van der Waals surface area contributed by atoms with Gasteiger partial charge < -0.3 is 23.5 Å². The quantitative estimate of drug-likeness (QED) is 0.633. The highest BCUT2D eigenvalue weighted by molar-refractivity contribution is 5.91. The fraction of sp³-hybridized carbons (Fsp3) is 0.375. The number of hydrogen-bond donors (Lipinski definition) is 0. The van der Waals surface area contributed by atoms with Gasteiger partial charge in [0.2, 0.25) is 0 Å². The average molecular weight is 407 g/mol. The molecule has 1 amide bonds. The Morgan fingerprint density at radius 1 is 0.967 bits per heavy atom. The molecule has 0 unspecified atom stereocenters. The molecular weight excluding hydrogens is 382 g/mol. The smallest absolute Gasteiger partial charge is 0.289 e. The first-order valence-corrected chi connectivity index (χ1v) is 10.5. The molecule has 0 N–H and O–H groups in total. The number of furan rings is 1. The van der Waals surface area contributed by atoms with Crippen LogP contribution in [0.15, 0.2) is 59.0 Å². The number of benzene rings is 2. The number of nitrogens with zero attached hydrogens (tertiary/aromatic N) is 1. The third kappa shape index (κ3) is 4.06. The van der Waals surface area contributed by atoms with Crippen LogP contribution in [-0.4, -0.2) is 43.4 Å². The number of ether oxygens (including phenoxy) is 3. The molecule has 1 aromatic heterocycles. The van der Waals surface area contributed by atoms with Crippen LogP contribution in [0.3, 0.4) is 0 Å². The number of likely N-dealkylation sites (tertiary alicyclic amines) is 1. The summed E-state index contributed by atoms with van der Waals surface area (Å²) in [4.78, 5) is 14.6. The molecule has 6 heteroatoms. The van der Waals surface area contributed by atoms with Crippen molar-refractivity contribution in [3.8, 4) is 5.75 Å². The monoisotopic (exact) mass is 407 g/mol. The van der Waals surface area contributed by atoms with Crippen LogP contribution in [-0.2, 0) is 16.1 Å². The fourth-order valence-corrected chi connectivity index (χ4v) is 4.16. The van der Waals surface area contributed by atoms with Crippen LogP contribution in [0.5, 0.6) is 5.75 Å². The summed E-state index contributed by atoms with van der Waals surface area (Å²) in [6.45, 7) is 3.00. The highest BCUT2D eigenvalue weighted by Crippen LogP contribution is 2.27. The van der Waals surface area contributed by atoms with E-state index in [1.165, 1.54) is 5.39 Å². The Morgan fingerprint density at radius 2 is 1.73 bits per heavy atom. The number of piperidine rings is 1. The first-order chi connectivity index (χ1) is 14.8. The van der Waals surface area contributed by atoms with E-state index in [1.807, 2.05) is 35.2 Å². The molecule has 0 spiro atoms. The van der Waals surface area contributed by atoms with E-state index in [9.17, 15) is 4.79 Å². The van der Waals surface area contributed by atoms with Gasteiger partial charge in [-0.2, -0.15) is 0 Å². The molecule has 2 fully saturated rings. The molecule has 2 aliphatic heterocycles. The van der Waals surface area contributed by atoms with Gasteiger partial charge >= 0.3 is 0 Å². The maximum Gasteiger partial charge on any atom is 0.289 e. The second kappa shape index (κ2) is 8.50. The third-order valence-electron chi connectivity index (χ3n) is 5.83. The van der Waals surface area contributed by atoms with Gasteiger partial charge in [0.1, 0.15) is 18.1 Å². The van der Waals surface area contributed by atoms with Crippen LogP contribution in [0.25, 0.3) is 10.8 Å². The summed E-state index contributed by atoms with van der Waals surface area (Å²) in [5.74, 6) is 2.06. The fourth-order valence-electron chi connectivity index (χ4n) is 4.16. The predicted molar refractivity (Wildman–Crippen MR) is 111 cm³/mol. The maximum atomic E-state index is 12.8. The van der Waals surface area contributed by atoms with Gasteiger partial charge in [0.05, 0.1) is 13.2 Å². The predicted octanol–water partition coefficient (Wildman–Crippen LogP) is 4.24. The summed E-state index contributed by atoms with van der Waals surface area (Å²) in [7, 11) is 0. The summed E-state index contributed by atoms with van der Waals surface area (Å²) < 4.78 is 22.8. The minimum absolute atomic E-state index is 0.0707. The van der Waals surface area contributed by atoms with Gasteiger partial charge in [0, 0.05) is 19.0 Å². The van der Waals surface area contributed by atoms with Gasteiger partial charge in [-0.1, -0.05) is 30.3 Å². The van der Waals surface area contributed by atoms with E-state index in [0.717, 1.165) is 24.0 Å². The lowest BCUT2D eigenvalue weighted by atomic mass is 9.96. The first kappa shape index (κ1) is 19.2. The van der Waals surface area contributed by atoms with Gasteiger partial charge in [-0.3, -0.25) is 4.79 Å². The van der Waals surface area contributed by atoms with Crippen LogP contribution in [0.4, 0.5) is 0 Å². The molecule has 0 radical (unpaired) electrons. The Morgan fingerprint density at radius 3 is 2.53 bits per heavy atom. The number of carbonyl (C=O) groups is 1. The minimum Gasteiger partial charge on any atom is -0.486 e. The van der Waals surface area contributed by atoms with E-state index in [2.05, 4.69) is 12.1 Å². The molecule has 2 saturated heterocycles. The summed E-state index contributed by atoms with van der Waals surface area (Å²) in [6, 6.07) is 17.7. The molecule has 3 aromatic rings. The van der Waals surface area contributed by atoms with E-state index in [-0.39, 0.29) is 18.8 Å². The van der Waals surface area contributed by atoms with Crippen LogP contribution in [0, 0.1) is 5.92 Å². The van der Waals surface area contributed by atoms with Crippen molar-refractivity contribution in [2.45, 2.75) is 25.7 Å². The number of carbonyl (C=O) groups excluding carboxylic acids is 1. The Labute approximate surface area is 175 Å². The van der Waals surface area contributed by atoms with Crippen molar-refractivity contribution in [1.29, 1.82) is 0 Å². The van der Waals surface area contributed by atoms with Gasteiger partial charge in [-0.25, -0.2) is 0 Å². The molecule has 2 aromatic carbocycles. The number of rotatable bonds is 5. The van der Waals surface area contributed by atoms with Crippen molar-refractivity contribution in [3.05, 3.63) is 66.1 Å². The van der Waals surface area contributed by atoms with Crippen molar-refractivity contribution in [2.75, 3.05) is 26.3 Å². The van der Waals surface area contributed by atoms with Crippen LogP contribution < -0.4 is 4.74 Å². The summed E-state index contributed by atoms with van der Waals surface area (Å²) in [5.41, 5.74) is 0. The second-order valence-electron chi connectivity index (χ2n) is 7.80. The topological polar surface area (TPSA) is 61.1 Å². The van der Waals surface area contributed by atoms with Crippen LogP contribution >= 0.6 is 0 Å². The normalized spacial score (nSPS) is 18.2. The molecule has 0 atom stereocenters. The molecule has 30 heavy (non-hydrogen) atoms. The molecular formula is C24H25NO5. The Hall–Kier alpha value is -2.83. The van der Waals surface area contributed by atoms with E-state index < -0.39 is 0 Å². The first-order valence-electron chi connectivity index (χ1n) is 10.5. The van der Waals surface area contributed by atoms with Gasteiger partial charge in [0.15, 0.2) is 12.1 Å². The number of amides is 1. The number of fused-ring (bicyclic) bond motifs is 1. The molecule has 6 nitrogen and oxygen atoms in total. The van der Waals surface area contributed by atoms with E-state index in [4.69, 9.17) is 18.6 Å². The molecule has 0 aliphatic carbocycles. The lowest BCUT2D eigenvalue weighted by Gasteiger charge is -2.33. The van der Waals surface area contributed by atoms with E-state index in [1.54, 1.807) is 12.1 Å². The maximum absolute atomic E-state index is 12.8. The molecule has 0 saturated carbocycles. The highest BCUT2D eigenvalue weighted by atomic mass is 16.7. The Balaban J connectivity index is 1.16. The summed E-state index contributed by atoms with van der Waals surface area (Å²) in [6.07, 6.45) is 1.66. The summed E-state index contributed by atoms with van der Waals surface area (Å²) in [5, 5.41) is 2.30. The largest absolute Gasteiger partial charge is 0.486 e. The molecule has 0 bridgehead atoms. The van der Waals surface area contributed by atoms with Gasteiger partial charge in [0.25, 0.3) is 5.91 Å². The zero-order chi connectivity index (χ0) is 20.3. The molecule has 156 valence electrons. The SMILES string of the molecule is O=C(c1ccc(COc2ccc3ccccc3c2)o1)N1CCC(C2OCCO2)CC1. The minimum atomic E-state index is -0.107. The van der Waals surface area contributed by atoms with E-state index >= 15 is 0 Å². The highest BCUT2D eigenvalue weighted by Gasteiger charge is 2.32. The second-order valence-corrected chi connectivity index (χ2v) is 7.80. The van der Waals surface area contributed by atoms with Crippen molar-refractivity contribution >= 4 is 16.7 Å². The zero-order valence-corrected chi connectivity index (χ0v) is 16.8. The van der Waals surface area contributed by atoms with E-state index in [0.29, 0.717) is 43.7 Å². The lowest BCUT2D eigenvalue weighted by molar-refractivity contribution is -0.0956. The Bertz CT molecular complexity index is 1020.